The summed E-state index contributed by atoms with van der Waals surface area (Å²) in [5.74, 6) is -1.72. The molecule has 2 N–H and O–H groups in total. The van der Waals surface area contributed by atoms with E-state index in [9.17, 15) is 13.2 Å². The highest BCUT2D eigenvalue weighted by molar-refractivity contribution is 7.92. The summed E-state index contributed by atoms with van der Waals surface area (Å²) < 4.78 is 31.8. The number of carboxylic acids is 1. The summed E-state index contributed by atoms with van der Waals surface area (Å²) in [4.78, 5) is 18.1. The number of hydrogen-bond donors (Lipinski definition) is 2. The van der Waals surface area contributed by atoms with Gasteiger partial charge in [0.1, 0.15) is 27.1 Å². The summed E-state index contributed by atoms with van der Waals surface area (Å²) in [5, 5.41) is 9.17. The minimum absolute atomic E-state index is 0.00705. The number of nitrogens with one attached hydrogen (secondary N) is 1. The number of furan rings is 1. The van der Waals surface area contributed by atoms with Crippen LogP contribution in [0.2, 0.25) is 5.15 Å². The lowest BCUT2D eigenvalue weighted by atomic mass is 10.2. The van der Waals surface area contributed by atoms with Crippen molar-refractivity contribution in [1.29, 1.82) is 0 Å². The number of sulfonamides is 1. The van der Waals surface area contributed by atoms with Gasteiger partial charge in [-0.2, -0.15) is 0 Å². The topological polar surface area (TPSA) is 122 Å². The number of halogens is 1. The summed E-state index contributed by atoms with van der Waals surface area (Å²) in [7, 11) is -4.22. The fraction of sp³-hybridized carbons (Fsp3) is 0.182. The predicted molar refractivity (Wildman–Crippen MR) is 73.0 cm³/mol. The molecule has 2 aromatic heterocycles. The number of rotatable bonds is 4. The molecule has 2 heterocycles. The molecule has 0 aliphatic carbocycles. The van der Waals surface area contributed by atoms with Crippen molar-refractivity contribution < 1.29 is 22.7 Å². The summed E-state index contributed by atoms with van der Waals surface area (Å²) in [6.07, 6.45) is 1.26. The number of anilines is 1. The predicted octanol–water partition coefficient (Wildman–Crippen LogP) is 1.84. The van der Waals surface area contributed by atoms with E-state index in [2.05, 4.69) is 14.7 Å². The molecule has 0 aliphatic rings. The van der Waals surface area contributed by atoms with Gasteiger partial charge < -0.3 is 9.52 Å². The quantitative estimate of drug-likeness (QED) is 0.819. The maximum atomic E-state index is 12.3. The molecule has 0 radical (unpaired) electrons. The lowest BCUT2D eigenvalue weighted by Crippen LogP contribution is -2.18. The minimum Gasteiger partial charge on any atom is -0.478 e. The Morgan fingerprint density at radius 2 is 2.05 bits per heavy atom. The van der Waals surface area contributed by atoms with Crippen LogP contribution in [0.5, 0.6) is 0 Å². The Balaban J connectivity index is 2.53. The molecule has 0 atom stereocenters. The average molecular weight is 332 g/mol. The van der Waals surface area contributed by atoms with Gasteiger partial charge in [-0.15, -0.1) is 0 Å². The van der Waals surface area contributed by atoms with E-state index in [-0.39, 0.29) is 22.6 Å². The Morgan fingerprint density at radius 1 is 1.38 bits per heavy atom. The van der Waals surface area contributed by atoms with Gasteiger partial charge >= 0.3 is 5.97 Å². The molecule has 21 heavy (non-hydrogen) atoms. The second kappa shape index (κ2) is 5.34. The van der Waals surface area contributed by atoms with Crippen molar-refractivity contribution in [2.75, 3.05) is 4.72 Å². The van der Waals surface area contributed by atoms with E-state index in [0.29, 0.717) is 0 Å². The first-order chi connectivity index (χ1) is 9.72. The van der Waals surface area contributed by atoms with Crippen LogP contribution in [0, 0.1) is 13.8 Å². The Kier molecular flexibility index (Phi) is 3.88. The maximum Gasteiger partial charge on any atom is 0.340 e. The fourth-order valence-corrected chi connectivity index (χ4v) is 3.29. The molecular weight excluding hydrogens is 322 g/mol. The van der Waals surface area contributed by atoms with Crippen molar-refractivity contribution in [1.82, 2.24) is 9.97 Å². The Hall–Kier alpha value is -2.13. The van der Waals surface area contributed by atoms with E-state index in [1.54, 1.807) is 0 Å². The minimum atomic E-state index is -4.22. The van der Waals surface area contributed by atoms with Crippen molar-refractivity contribution >= 4 is 33.5 Å². The zero-order chi connectivity index (χ0) is 15.8. The Bertz CT molecular complexity index is 815. The first-order valence-electron chi connectivity index (χ1n) is 5.57. The molecule has 0 fully saturated rings. The van der Waals surface area contributed by atoms with Crippen LogP contribution in [0.25, 0.3) is 0 Å². The molecule has 0 aromatic carbocycles. The normalized spacial score (nSPS) is 11.4. The van der Waals surface area contributed by atoms with Gasteiger partial charge in [0.05, 0.1) is 0 Å². The maximum absolute atomic E-state index is 12.3. The van der Waals surface area contributed by atoms with Crippen LogP contribution in [0.4, 0.5) is 5.95 Å². The molecule has 2 rings (SSSR count). The molecule has 0 unspecified atom stereocenters. The summed E-state index contributed by atoms with van der Waals surface area (Å²) >= 11 is 5.64. The molecule has 0 amide bonds. The third-order valence-corrected chi connectivity index (χ3v) is 4.23. The van der Waals surface area contributed by atoms with E-state index < -0.39 is 26.5 Å². The zero-order valence-electron chi connectivity index (χ0n) is 10.9. The number of aromatic carboxylic acids is 1. The highest BCUT2D eigenvalue weighted by atomic mass is 35.5. The van der Waals surface area contributed by atoms with Crippen LogP contribution in [-0.4, -0.2) is 29.5 Å². The SMILES string of the molecule is Cc1oc(C)c(S(=O)(=O)Nc2nccc(Cl)n2)c1C(=O)O. The van der Waals surface area contributed by atoms with Crippen LogP contribution in [0.3, 0.4) is 0 Å². The van der Waals surface area contributed by atoms with Gasteiger partial charge in [-0.1, -0.05) is 11.6 Å². The second-order valence-electron chi connectivity index (χ2n) is 4.03. The van der Waals surface area contributed by atoms with E-state index in [1.165, 1.54) is 26.1 Å². The van der Waals surface area contributed by atoms with Gasteiger partial charge in [-0.25, -0.2) is 27.9 Å². The molecule has 112 valence electrons. The molecule has 0 spiro atoms. The van der Waals surface area contributed by atoms with Gasteiger partial charge in [0.15, 0.2) is 0 Å². The average Bonchev–Trinajstić information content (AvgIpc) is 2.64. The third kappa shape index (κ3) is 2.98. The number of hydrogen-bond acceptors (Lipinski definition) is 6. The standard InChI is InChI=1S/C11H10ClN3O5S/c1-5-8(10(16)17)9(6(2)20-5)21(18,19)15-11-13-4-3-7(12)14-11/h3-4H,1-2H3,(H,16,17)(H,13,14,15). The summed E-state index contributed by atoms with van der Waals surface area (Å²) in [6, 6.07) is 1.37. The van der Waals surface area contributed by atoms with Crippen molar-refractivity contribution in [3.63, 3.8) is 0 Å². The first kappa shape index (κ1) is 15.3. The van der Waals surface area contributed by atoms with E-state index >= 15 is 0 Å². The molecular formula is C11H10ClN3O5S. The third-order valence-electron chi connectivity index (χ3n) is 2.53. The molecule has 10 heteroatoms. The van der Waals surface area contributed by atoms with Gasteiger partial charge in [-0.05, 0) is 19.9 Å². The highest BCUT2D eigenvalue weighted by Gasteiger charge is 2.31. The largest absolute Gasteiger partial charge is 0.478 e. The van der Waals surface area contributed by atoms with Gasteiger partial charge in [0, 0.05) is 6.20 Å². The fourth-order valence-electron chi connectivity index (χ4n) is 1.79. The highest BCUT2D eigenvalue weighted by Crippen LogP contribution is 2.27. The van der Waals surface area contributed by atoms with Gasteiger partial charge in [0.25, 0.3) is 10.0 Å². The number of aryl methyl sites for hydroxylation is 2. The Labute approximate surface area is 124 Å². The number of carboxylic acid groups (broad SMARTS) is 1. The monoisotopic (exact) mass is 331 g/mol. The zero-order valence-corrected chi connectivity index (χ0v) is 12.5. The van der Waals surface area contributed by atoms with Crippen LogP contribution in [0.1, 0.15) is 21.9 Å². The molecule has 0 aliphatic heterocycles. The van der Waals surface area contributed by atoms with E-state index in [4.69, 9.17) is 21.1 Å². The smallest absolute Gasteiger partial charge is 0.340 e. The first-order valence-corrected chi connectivity index (χ1v) is 7.43. The number of nitrogens with zero attached hydrogens (tertiary/aromatic N) is 2. The molecule has 8 nitrogen and oxygen atoms in total. The lowest BCUT2D eigenvalue weighted by Gasteiger charge is -2.06. The molecule has 0 saturated carbocycles. The second-order valence-corrected chi connectivity index (χ2v) is 6.04. The van der Waals surface area contributed by atoms with Crippen molar-refractivity contribution in [2.45, 2.75) is 18.7 Å². The Morgan fingerprint density at radius 3 is 2.62 bits per heavy atom. The lowest BCUT2D eigenvalue weighted by molar-refractivity contribution is 0.0691. The number of carbonyl (C=O) groups is 1. The van der Waals surface area contributed by atoms with Crippen LogP contribution < -0.4 is 4.72 Å². The van der Waals surface area contributed by atoms with Crippen molar-refractivity contribution in [3.8, 4) is 0 Å². The van der Waals surface area contributed by atoms with E-state index in [1.807, 2.05) is 0 Å². The van der Waals surface area contributed by atoms with Gasteiger partial charge in [-0.3, -0.25) is 0 Å². The number of aromatic nitrogens is 2. The van der Waals surface area contributed by atoms with Crippen LogP contribution in [-0.2, 0) is 10.0 Å². The van der Waals surface area contributed by atoms with Crippen molar-refractivity contribution in [2.24, 2.45) is 0 Å². The summed E-state index contributed by atoms with van der Waals surface area (Å²) in [6.45, 7) is 2.72. The van der Waals surface area contributed by atoms with E-state index in [0.717, 1.165) is 0 Å². The van der Waals surface area contributed by atoms with Gasteiger partial charge in [0.2, 0.25) is 5.95 Å². The van der Waals surface area contributed by atoms with Crippen LogP contribution in [0.15, 0.2) is 21.6 Å². The summed E-state index contributed by atoms with van der Waals surface area (Å²) in [5.41, 5.74) is -0.429. The molecule has 0 saturated heterocycles. The molecule has 0 bridgehead atoms. The van der Waals surface area contributed by atoms with Crippen LogP contribution >= 0.6 is 11.6 Å². The van der Waals surface area contributed by atoms with Crippen molar-refractivity contribution in [3.05, 3.63) is 34.5 Å². The molecule has 2 aromatic rings.